The van der Waals surface area contributed by atoms with Crippen molar-refractivity contribution in [1.82, 2.24) is 4.98 Å². The lowest BCUT2D eigenvalue weighted by Crippen LogP contribution is -2.15. The van der Waals surface area contributed by atoms with Gasteiger partial charge < -0.3 is 10.7 Å². The Hall–Kier alpha value is -1.49. The van der Waals surface area contributed by atoms with Crippen molar-refractivity contribution in [1.29, 1.82) is 0 Å². The maximum Gasteiger partial charge on any atom is 0.389 e. The first-order valence-corrected chi connectivity index (χ1v) is 5.36. The average Bonchev–Trinajstić information content (AvgIpc) is 2.68. The highest BCUT2D eigenvalue weighted by molar-refractivity contribution is 5.83. The number of hydrogen-bond acceptors (Lipinski definition) is 1. The molecule has 2 rings (SSSR count). The maximum absolute atomic E-state index is 12.1. The predicted octanol–water partition coefficient (Wildman–Crippen LogP) is 3.51. The van der Waals surface area contributed by atoms with Crippen molar-refractivity contribution in [2.24, 2.45) is 5.73 Å². The zero-order chi connectivity index (χ0) is 12.5. The number of alkyl halides is 3. The molecule has 0 aliphatic rings. The van der Waals surface area contributed by atoms with Crippen molar-refractivity contribution in [3.8, 4) is 0 Å². The fraction of sp³-hybridized carbons (Fsp3) is 0.333. The number of aromatic amines is 1. The summed E-state index contributed by atoms with van der Waals surface area (Å²) in [6.45, 7) is 0. The van der Waals surface area contributed by atoms with Crippen LogP contribution in [0, 0.1) is 0 Å². The van der Waals surface area contributed by atoms with Gasteiger partial charge in [-0.05, 0) is 18.1 Å². The van der Waals surface area contributed by atoms with Gasteiger partial charge in [-0.15, -0.1) is 0 Å². The molecule has 0 radical (unpaired) electrons. The molecule has 0 unspecified atom stereocenters. The molecule has 0 amide bonds. The lowest BCUT2D eigenvalue weighted by Gasteiger charge is -2.12. The summed E-state index contributed by atoms with van der Waals surface area (Å²) in [5.41, 5.74) is 7.43. The first-order valence-electron chi connectivity index (χ1n) is 5.36. The van der Waals surface area contributed by atoms with E-state index in [0.717, 1.165) is 16.5 Å². The number of para-hydroxylation sites is 1. The van der Waals surface area contributed by atoms with Gasteiger partial charge in [0.15, 0.2) is 0 Å². The SMILES string of the molecule is N[C@@H](CCC(F)(F)F)c1c[nH]c2ccccc12. The van der Waals surface area contributed by atoms with E-state index < -0.39 is 18.6 Å². The van der Waals surface area contributed by atoms with Crippen LogP contribution in [-0.4, -0.2) is 11.2 Å². The van der Waals surface area contributed by atoms with Crippen molar-refractivity contribution >= 4 is 10.9 Å². The molecule has 5 heteroatoms. The van der Waals surface area contributed by atoms with Gasteiger partial charge in [0, 0.05) is 29.6 Å². The molecule has 0 aliphatic heterocycles. The van der Waals surface area contributed by atoms with Crippen LogP contribution in [-0.2, 0) is 0 Å². The van der Waals surface area contributed by atoms with Crippen molar-refractivity contribution in [3.05, 3.63) is 36.0 Å². The molecule has 0 spiro atoms. The van der Waals surface area contributed by atoms with E-state index in [-0.39, 0.29) is 6.42 Å². The van der Waals surface area contributed by atoms with Crippen LogP contribution in [0.3, 0.4) is 0 Å². The first-order chi connectivity index (χ1) is 7.97. The molecule has 0 saturated carbocycles. The van der Waals surface area contributed by atoms with E-state index in [2.05, 4.69) is 4.98 Å². The summed E-state index contributed by atoms with van der Waals surface area (Å²) in [7, 11) is 0. The van der Waals surface area contributed by atoms with E-state index in [4.69, 9.17) is 5.73 Å². The van der Waals surface area contributed by atoms with Gasteiger partial charge in [-0.2, -0.15) is 13.2 Å². The van der Waals surface area contributed by atoms with Crippen LogP contribution in [0.1, 0.15) is 24.4 Å². The van der Waals surface area contributed by atoms with Gasteiger partial charge in [0.05, 0.1) is 0 Å². The Morgan fingerprint density at radius 3 is 2.65 bits per heavy atom. The summed E-state index contributed by atoms with van der Waals surface area (Å²) in [4.78, 5) is 3.00. The molecular formula is C12H13F3N2. The first kappa shape index (κ1) is 12.0. The number of benzene rings is 1. The van der Waals surface area contributed by atoms with Crippen molar-refractivity contribution in [2.75, 3.05) is 0 Å². The Kier molecular flexibility index (Phi) is 3.11. The third kappa shape index (κ3) is 2.79. The van der Waals surface area contributed by atoms with Crippen molar-refractivity contribution < 1.29 is 13.2 Å². The maximum atomic E-state index is 12.1. The molecule has 0 aliphatic carbocycles. The highest BCUT2D eigenvalue weighted by atomic mass is 19.4. The number of nitrogens with two attached hydrogens (primary N) is 1. The zero-order valence-electron chi connectivity index (χ0n) is 9.09. The van der Waals surface area contributed by atoms with Crippen LogP contribution in [0.15, 0.2) is 30.5 Å². The van der Waals surface area contributed by atoms with Crippen molar-refractivity contribution in [2.45, 2.75) is 25.1 Å². The number of fused-ring (bicyclic) bond motifs is 1. The molecule has 0 fully saturated rings. The predicted molar refractivity (Wildman–Crippen MR) is 60.5 cm³/mol. The van der Waals surface area contributed by atoms with Gasteiger partial charge in [-0.25, -0.2) is 0 Å². The Labute approximate surface area is 96.6 Å². The summed E-state index contributed by atoms with van der Waals surface area (Å²) in [6, 6.07) is 6.84. The van der Waals surface area contributed by atoms with E-state index >= 15 is 0 Å². The number of rotatable bonds is 3. The monoisotopic (exact) mass is 242 g/mol. The molecule has 2 aromatic rings. The van der Waals surface area contributed by atoms with E-state index in [9.17, 15) is 13.2 Å². The Morgan fingerprint density at radius 1 is 1.24 bits per heavy atom. The standard InChI is InChI=1S/C12H13F3N2/c13-12(14,15)6-5-10(16)9-7-17-11-4-2-1-3-8(9)11/h1-4,7,10,17H,5-6,16H2/t10-/m0/s1. The molecular weight excluding hydrogens is 229 g/mol. The molecule has 3 N–H and O–H groups in total. The minimum Gasteiger partial charge on any atom is -0.361 e. The molecule has 1 atom stereocenters. The Bertz CT molecular complexity index is 502. The molecule has 1 aromatic carbocycles. The number of hydrogen-bond donors (Lipinski definition) is 2. The lowest BCUT2D eigenvalue weighted by atomic mass is 10.0. The lowest BCUT2D eigenvalue weighted by molar-refractivity contribution is -0.136. The summed E-state index contributed by atoms with van der Waals surface area (Å²) in [5, 5.41) is 0.891. The third-order valence-corrected chi connectivity index (χ3v) is 2.76. The van der Waals surface area contributed by atoms with Gasteiger partial charge in [0.2, 0.25) is 0 Å². The van der Waals surface area contributed by atoms with Gasteiger partial charge in [0.1, 0.15) is 0 Å². The summed E-state index contributed by atoms with van der Waals surface area (Å²) >= 11 is 0. The van der Waals surface area contributed by atoms with Crippen LogP contribution < -0.4 is 5.73 Å². The quantitative estimate of drug-likeness (QED) is 0.849. The molecule has 17 heavy (non-hydrogen) atoms. The Balaban J connectivity index is 2.16. The molecule has 1 heterocycles. The third-order valence-electron chi connectivity index (χ3n) is 2.76. The molecule has 0 bridgehead atoms. The van der Waals surface area contributed by atoms with Crippen molar-refractivity contribution in [3.63, 3.8) is 0 Å². The van der Waals surface area contributed by atoms with Gasteiger partial charge in [-0.3, -0.25) is 0 Å². The number of H-pyrrole nitrogens is 1. The largest absolute Gasteiger partial charge is 0.389 e. The summed E-state index contributed by atoms with van der Waals surface area (Å²) < 4.78 is 36.3. The smallest absolute Gasteiger partial charge is 0.361 e. The van der Waals surface area contributed by atoms with E-state index in [1.54, 1.807) is 6.20 Å². The van der Waals surface area contributed by atoms with Gasteiger partial charge in [0.25, 0.3) is 0 Å². The summed E-state index contributed by atoms with van der Waals surface area (Å²) in [6.07, 6.45) is -3.41. The number of halogens is 3. The Morgan fingerprint density at radius 2 is 1.94 bits per heavy atom. The minimum absolute atomic E-state index is 0.0919. The van der Waals surface area contributed by atoms with Gasteiger partial charge >= 0.3 is 6.18 Å². The summed E-state index contributed by atoms with van der Waals surface area (Å²) in [5.74, 6) is 0. The van der Waals surface area contributed by atoms with Crippen LogP contribution in [0.2, 0.25) is 0 Å². The van der Waals surface area contributed by atoms with Crippen LogP contribution in [0.4, 0.5) is 13.2 Å². The fourth-order valence-electron chi connectivity index (χ4n) is 1.88. The second-order valence-electron chi connectivity index (χ2n) is 4.05. The average molecular weight is 242 g/mol. The fourth-order valence-corrected chi connectivity index (χ4v) is 1.88. The number of aromatic nitrogens is 1. The minimum atomic E-state index is -4.15. The molecule has 1 aromatic heterocycles. The second-order valence-corrected chi connectivity index (χ2v) is 4.05. The molecule has 2 nitrogen and oxygen atoms in total. The molecule has 92 valence electrons. The van der Waals surface area contributed by atoms with Crippen LogP contribution in [0.25, 0.3) is 10.9 Å². The van der Waals surface area contributed by atoms with E-state index in [1.807, 2.05) is 24.3 Å². The zero-order valence-corrected chi connectivity index (χ0v) is 9.09. The highest BCUT2D eigenvalue weighted by Gasteiger charge is 2.28. The second kappa shape index (κ2) is 4.41. The topological polar surface area (TPSA) is 41.8 Å². The van der Waals surface area contributed by atoms with Crippen LogP contribution >= 0.6 is 0 Å². The number of nitrogens with one attached hydrogen (secondary N) is 1. The van der Waals surface area contributed by atoms with E-state index in [0.29, 0.717) is 0 Å². The van der Waals surface area contributed by atoms with E-state index in [1.165, 1.54) is 0 Å². The van der Waals surface area contributed by atoms with Gasteiger partial charge in [-0.1, -0.05) is 18.2 Å². The molecule has 0 saturated heterocycles. The van der Waals surface area contributed by atoms with Crippen LogP contribution in [0.5, 0.6) is 0 Å². The highest BCUT2D eigenvalue weighted by Crippen LogP contribution is 2.29. The normalized spacial score (nSPS) is 14.1.